The SMILES string of the molecule is C/C=C\c1c(CC)c(CCC)c(/C=C\C)n1-c1ccc(CCc2ccc(-n3c4ccccc4c4cnccc43)cc2)cc1. The molecule has 0 saturated heterocycles. The molecule has 0 aliphatic rings. The molecule has 0 aliphatic carbocycles. The van der Waals surface area contributed by atoms with Crippen LogP contribution in [-0.2, 0) is 25.7 Å². The van der Waals surface area contributed by atoms with Crippen molar-refractivity contribution >= 4 is 34.0 Å². The molecule has 216 valence electrons. The van der Waals surface area contributed by atoms with Crippen molar-refractivity contribution in [2.75, 3.05) is 0 Å². The van der Waals surface area contributed by atoms with Gasteiger partial charge in [0.05, 0.1) is 11.0 Å². The summed E-state index contributed by atoms with van der Waals surface area (Å²) in [5.74, 6) is 0. The Morgan fingerprint density at radius 1 is 0.605 bits per heavy atom. The van der Waals surface area contributed by atoms with Gasteiger partial charge in [0.25, 0.3) is 0 Å². The first-order chi connectivity index (χ1) is 21.2. The highest BCUT2D eigenvalue weighted by Gasteiger charge is 2.19. The third-order valence-corrected chi connectivity index (χ3v) is 8.53. The zero-order chi connectivity index (χ0) is 29.8. The molecule has 0 N–H and O–H groups in total. The minimum absolute atomic E-state index is 1.01. The van der Waals surface area contributed by atoms with Gasteiger partial charge in [-0.1, -0.05) is 74.9 Å². The normalized spacial score (nSPS) is 12.0. The Morgan fingerprint density at radius 3 is 1.79 bits per heavy atom. The molecule has 3 nitrogen and oxygen atoms in total. The molecule has 3 aromatic carbocycles. The van der Waals surface area contributed by atoms with Gasteiger partial charge in [0, 0.05) is 45.9 Å². The molecule has 0 amide bonds. The highest BCUT2D eigenvalue weighted by atomic mass is 15.0. The lowest BCUT2D eigenvalue weighted by atomic mass is 10.0. The second-order valence-electron chi connectivity index (χ2n) is 11.2. The van der Waals surface area contributed by atoms with E-state index in [1.165, 1.54) is 66.8 Å². The number of hydrogen-bond donors (Lipinski definition) is 0. The number of hydrogen-bond acceptors (Lipinski definition) is 1. The zero-order valence-corrected chi connectivity index (χ0v) is 25.8. The summed E-state index contributed by atoms with van der Waals surface area (Å²) in [6.45, 7) is 8.78. The summed E-state index contributed by atoms with van der Waals surface area (Å²) in [6.07, 6.45) is 18.0. The number of nitrogens with zero attached hydrogens (tertiary/aromatic N) is 3. The van der Waals surface area contributed by atoms with Crippen molar-refractivity contribution < 1.29 is 0 Å². The summed E-state index contributed by atoms with van der Waals surface area (Å²) in [7, 11) is 0. The molecule has 0 saturated carbocycles. The molecule has 0 radical (unpaired) electrons. The number of allylic oxidation sites excluding steroid dienone is 2. The van der Waals surface area contributed by atoms with Gasteiger partial charge >= 0.3 is 0 Å². The van der Waals surface area contributed by atoms with Gasteiger partial charge in [0.1, 0.15) is 0 Å². The fourth-order valence-corrected chi connectivity index (χ4v) is 6.58. The number of aryl methyl sites for hydroxylation is 2. The maximum atomic E-state index is 4.38. The van der Waals surface area contributed by atoms with Crippen molar-refractivity contribution in [3.8, 4) is 11.4 Å². The summed E-state index contributed by atoms with van der Waals surface area (Å²) in [5, 5.41) is 2.43. The fourth-order valence-electron chi connectivity index (χ4n) is 6.58. The Balaban J connectivity index is 1.24. The first-order valence-electron chi connectivity index (χ1n) is 15.7. The van der Waals surface area contributed by atoms with Gasteiger partial charge in [-0.05, 0) is 110 Å². The van der Waals surface area contributed by atoms with Gasteiger partial charge < -0.3 is 9.13 Å². The van der Waals surface area contributed by atoms with Gasteiger partial charge in [0.2, 0.25) is 0 Å². The van der Waals surface area contributed by atoms with E-state index in [0.29, 0.717) is 0 Å². The quantitative estimate of drug-likeness (QED) is 0.163. The standard InChI is InChI=1S/C40H41N3/c1-5-11-34-33(8-4)37(12-6-2)42(38(34)13-7-3)31-22-18-29(19-23-31)16-17-30-20-24-32(25-21-30)43-39-15-10-9-14-35(39)36-28-41-27-26-40(36)43/h6-7,9-10,12-15,18-28H,5,8,11,16-17H2,1-4H3/b12-6-,13-7-. The minimum atomic E-state index is 1.01. The van der Waals surface area contributed by atoms with E-state index in [-0.39, 0.29) is 0 Å². The van der Waals surface area contributed by atoms with Gasteiger partial charge in [-0.25, -0.2) is 0 Å². The number of aromatic nitrogens is 3. The lowest BCUT2D eigenvalue weighted by molar-refractivity contribution is 0.899. The van der Waals surface area contributed by atoms with E-state index < -0.39 is 0 Å². The molecular formula is C40H41N3. The number of benzene rings is 3. The van der Waals surface area contributed by atoms with E-state index in [1.54, 1.807) is 0 Å². The van der Waals surface area contributed by atoms with Crippen molar-refractivity contribution in [1.29, 1.82) is 0 Å². The van der Waals surface area contributed by atoms with E-state index in [0.717, 1.165) is 32.1 Å². The molecule has 3 heterocycles. The molecule has 6 rings (SSSR count). The Labute approximate surface area is 255 Å². The molecule has 0 bridgehead atoms. The van der Waals surface area contributed by atoms with Crippen LogP contribution < -0.4 is 0 Å². The monoisotopic (exact) mass is 563 g/mol. The van der Waals surface area contributed by atoms with Crippen molar-refractivity contribution in [2.45, 2.75) is 59.8 Å². The highest BCUT2D eigenvalue weighted by Crippen LogP contribution is 2.33. The Hall–Kier alpha value is -4.63. The zero-order valence-electron chi connectivity index (χ0n) is 25.8. The maximum absolute atomic E-state index is 4.38. The molecule has 0 unspecified atom stereocenters. The average molecular weight is 564 g/mol. The highest BCUT2D eigenvalue weighted by molar-refractivity contribution is 6.08. The largest absolute Gasteiger partial charge is 0.310 e. The predicted molar refractivity (Wildman–Crippen MR) is 185 cm³/mol. The first kappa shape index (κ1) is 28.5. The van der Waals surface area contributed by atoms with Gasteiger partial charge in [-0.2, -0.15) is 0 Å². The van der Waals surface area contributed by atoms with E-state index >= 15 is 0 Å². The molecule has 43 heavy (non-hydrogen) atoms. The topological polar surface area (TPSA) is 22.8 Å². The number of rotatable bonds is 10. The molecule has 3 aromatic heterocycles. The Bertz CT molecular complexity index is 1860. The lowest BCUT2D eigenvalue weighted by Gasteiger charge is -2.13. The van der Waals surface area contributed by atoms with Crippen molar-refractivity contribution in [3.63, 3.8) is 0 Å². The van der Waals surface area contributed by atoms with Crippen LogP contribution in [0.1, 0.15) is 67.8 Å². The maximum Gasteiger partial charge on any atom is 0.0571 e. The van der Waals surface area contributed by atoms with Gasteiger partial charge in [-0.15, -0.1) is 0 Å². The van der Waals surface area contributed by atoms with E-state index in [9.17, 15) is 0 Å². The van der Waals surface area contributed by atoms with Crippen molar-refractivity contribution in [3.05, 3.63) is 137 Å². The molecular weight excluding hydrogens is 522 g/mol. The van der Waals surface area contributed by atoms with Crippen LogP contribution in [0.4, 0.5) is 0 Å². The Morgan fingerprint density at radius 2 is 1.19 bits per heavy atom. The predicted octanol–water partition coefficient (Wildman–Crippen LogP) is 10.3. The summed E-state index contributed by atoms with van der Waals surface area (Å²) in [5.41, 5.74) is 13.1. The number of para-hydroxylation sites is 1. The first-order valence-corrected chi connectivity index (χ1v) is 15.7. The molecule has 0 aliphatic heterocycles. The minimum Gasteiger partial charge on any atom is -0.310 e. The van der Waals surface area contributed by atoms with Gasteiger partial charge in [-0.3, -0.25) is 4.98 Å². The third-order valence-electron chi connectivity index (χ3n) is 8.53. The van der Waals surface area contributed by atoms with Crippen LogP contribution in [0.15, 0.2) is 103 Å². The Kier molecular flexibility index (Phi) is 8.42. The number of fused-ring (bicyclic) bond motifs is 3. The van der Waals surface area contributed by atoms with Crippen molar-refractivity contribution in [2.24, 2.45) is 0 Å². The second kappa shape index (κ2) is 12.7. The van der Waals surface area contributed by atoms with E-state index in [4.69, 9.17) is 0 Å². The van der Waals surface area contributed by atoms with Crippen LogP contribution in [0.5, 0.6) is 0 Å². The molecule has 3 heteroatoms. The summed E-state index contributed by atoms with van der Waals surface area (Å²) >= 11 is 0. The second-order valence-corrected chi connectivity index (χ2v) is 11.2. The third kappa shape index (κ3) is 5.36. The number of pyridine rings is 1. The summed E-state index contributed by atoms with van der Waals surface area (Å²) < 4.78 is 4.80. The molecule has 6 aromatic rings. The van der Waals surface area contributed by atoms with Crippen molar-refractivity contribution in [1.82, 2.24) is 14.1 Å². The summed E-state index contributed by atoms with van der Waals surface area (Å²) in [6, 6.07) is 28.9. The fraction of sp³-hybridized carbons (Fsp3) is 0.225. The molecule has 0 fully saturated rings. The molecule has 0 atom stereocenters. The van der Waals surface area contributed by atoms with Crippen LogP contribution in [0.2, 0.25) is 0 Å². The molecule has 0 spiro atoms. The summed E-state index contributed by atoms with van der Waals surface area (Å²) in [4.78, 5) is 4.38. The van der Waals surface area contributed by atoms with Crippen LogP contribution in [0, 0.1) is 0 Å². The van der Waals surface area contributed by atoms with E-state index in [2.05, 4.69) is 145 Å². The van der Waals surface area contributed by atoms with Gasteiger partial charge in [0.15, 0.2) is 0 Å². The van der Waals surface area contributed by atoms with Crippen LogP contribution in [-0.4, -0.2) is 14.1 Å². The smallest absolute Gasteiger partial charge is 0.0571 e. The van der Waals surface area contributed by atoms with Crippen LogP contribution in [0.25, 0.3) is 45.3 Å². The van der Waals surface area contributed by atoms with Crippen LogP contribution >= 0.6 is 0 Å². The average Bonchev–Trinajstić information content (AvgIpc) is 3.53. The van der Waals surface area contributed by atoms with Crippen LogP contribution in [0.3, 0.4) is 0 Å². The lowest BCUT2D eigenvalue weighted by Crippen LogP contribution is -2.01. The van der Waals surface area contributed by atoms with E-state index in [1.807, 2.05) is 12.4 Å².